The molecule has 0 saturated carbocycles. The summed E-state index contributed by atoms with van der Waals surface area (Å²) in [6, 6.07) is 1.92. The molecule has 1 unspecified atom stereocenters. The minimum absolute atomic E-state index is 0.179. The second-order valence-electron chi connectivity index (χ2n) is 6.49. The quantitative estimate of drug-likeness (QED) is 0.917. The van der Waals surface area contributed by atoms with Crippen LogP contribution in [0.15, 0.2) is 6.07 Å². The second kappa shape index (κ2) is 6.62. The van der Waals surface area contributed by atoms with Crippen LogP contribution >= 0.6 is 0 Å². The molecule has 0 radical (unpaired) electrons. The first-order valence-corrected chi connectivity index (χ1v) is 8.24. The number of hydrogen-bond donors (Lipinski definition) is 1. The van der Waals surface area contributed by atoms with Gasteiger partial charge < -0.3 is 10.2 Å². The van der Waals surface area contributed by atoms with Crippen molar-refractivity contribution < 1.29 is 4.79 Å². The van der Waals surface area contributed by atoms with Crippen molar-refractivity contribution >= 4 is 11.7 Å². The zero-order valence-electron chi connectivity index (χ0n) is 14.0. The first-order chi connectivity index (χ1) is 11.0. The Hall–Kier alpha value is -2.02. The van der Waals surface area contributed by atoms with Crippen molar-refractivity contribution in [2.24, 2.45) is 5.92 Å². The van der Waals surface area contributed by atoms with E-state index in [1.807, 2.05) is 19.9 Å². The first-order valence-electron chi connectivity index (χ1n) is 8.24. The third kappa shape index (κ3) is 3.67. The second-order valence-corrected chi connectivity index (χ2v) is 6.49. The highest BCUT2D eigenvalue weighted by Crippen LogP contribution is 2.14. The summed E-state index contributed by atoms with van der Waals surface area (Å²) in [5, 5.41) is 7.16. The van der Waals surface area contributed by atoms with Crippen LogP contribution in [-0.4, -0.2) is 56.6 Å². The lowest BCUT2D eigenvalue weighted by Gasteiger charge is -2.30. The maximum Gasteiger partial charge on any atom is 0.291 e. The molecule has 1 saturated heterocycles. The van der Waals surface area contributed by atoms with E-state index in [1.165, 1.54) is 12.8 Å². The van der Waals surface area contributed by atoms with Gasteiger partial charge in [0.2, 0.25) is 5.82 Å². The van der Waals surface area contributed by atoms with E-state index < -0.39 is 0 Å². The summed E-state index contributed by atoms with van der Waals surface area (Å²) in [6.45, 7) is 9.84. The molecule has 1 atom stereocenters. The van der Waals surface area contributed by atoms with E-state index in [0.29, 0.717) is 12.3 Å². The molecule has 0 spiro atoms. The Bertz CT molecular complexity index is 710. The molecule has 0 aliphatic carbocycles. The number of likely N-dealkylation sites (tertiary alicyclic amines) is 1. The van der Waals surface area contributed by atoms with Crippen molar-refractivity contribution in [3.63, 3.8) is 0 Å². The molecular weight excluding hydrogens is 292 g/mol. The van der Waals surface area contributed by atoms with Gasteiger partial charge in [0.15, 0.2) is 0 Å². The summed E-state index contributed by atoms with van der Waals surface area (Å²) in [5.41, 5.74) is 1.79. The van der Waals surface area contributed by atoms with Crippen molar-refractivity contribution in [3.05, 3.63) is 23.3 Å². The van der Waals surface area contributed by atoms with E-state index in [4.69, 9.17) is 0 Å². The first kappa shape index (κ1) is 15.9. The molecule has 0 aromatic carbocycles. The van der Waals surface area contributed by atoms with Crippen molar-refractivity contribution in [3.8, 4) is 0 Å². The number of amides is 1. The number of carbonyl (C=O) groups is 1. The maximum atomic E-state index is 12.2. The van der Waals surface area contributed by atoms with Gasteiger partial charge in [-0.3, -0.25) is 4.79 Å². The summed E-state index contributed by atoms with van der Waals surface area (Å²) >= 11 is 0. The van der Waals surface area contributed by atoms with Gasteiger partial charge in [-0.25, -0.2) is 9.50 Å². The van der Waals surface area contributed by atoms with Crippen molar-refractivity contribution in [1.29, 1.82) is 0 Å². The molecule has 1 aliphatic rings. The fourth-order valence-corrected chi connectivity index (χ4v) is 3.16. The zero-order valence-corrected chi connectivity index (χ0v) is 14.0. The minimum atomic E-state index is -0.238. The average molecular weight is 316 g/mol. The third-order valence-electron chi connectivity index (χ3n) is 4.28. The zero-order chi connectivity index (χ0) is 16.4. The van der Waals surface area contributed by atoms with Crippen molar-refractivity contribution in [2.45, 2.75) is 33.6 Å². The Labute approximate surface area is 136 Å². The van der Waals surface area contributed by atoms with Crippen molar-refractivity contribution in [1.82, 2.24) is 29.8 Å². The monoisotopic (exact) mass is 316 g/mol. The topological polar surface area (TPSA) is 75.4 Å². The highest BCUT2D eigenvalue weighted by Gasteiger charge is 2.17. The number of nitrogens with one attached hydrogen (secondary N) is 1. The van der Waals surface area contributed by atoms with Gasteiger partial charge in [-0.2, -0.15) is 4.98 Å². The number of nitrogens with zero attached hydrogens (tertiary/aromatic N) is 5. The molecule has 1 amide bonds. The summed E-state index contributed by atoms with van der Waals surface area (Å²) in [4.78, 5) is 23.2. The molecule has 2 aromatic heterocycles. The Morgan fingerprint density at radius 1 is 1.39 bits per heavy atom. The maximum absolute atomic E-state index is 12.2. The largest absolute Gasteiger partial charge is 0.348 e. The van der Waals surface area contributed by atoms with Crippen LogP contribution in [0.3, 0.4) is 0 Å². The van der Waals surface area contributed by atoms with Crippen LogP contribution in [0.2, 0.25) is 0 Å². The highest BCUT2D eigenvalue weighted by atomic mass is 16.2. The molecule has 7 nitrogen and oxygen atoms in total. The summed E-state index contributed by atoms with van der Waals surface area (Å²) < 4.78 is 1.61. The number of rotatable bonds is 4. The number of carbonyl (C=O) groups excluding carboxylic acids is 1. The molecular formula is C16H24N6O. The lowest BCUT2D eigenvalue weighted by atomic mass is 10.0. The van der Waals surface area contributed by atoms with Crippen LogP contribution in [0.4, 0.5) is 0 Å². The molecule has 1 fully saturated rings. The van der Waals surface area contributed by atoms with E-state index in [0.717, 1.165) is 36.9 Å². The number of aryl methyl sites for hydroxylation is 2. The van der Waals surface area contributed by atoms with Crippen LogP contribution in [0, 0.1) is 19.8 Å². The molecule has 1 N–H and O–H groups in total. The lowest BCUT2D eigenvalue weighted by molar-refractivity contribution is 0.0933. The molecule has 7 heteroatoms. The van der Waals surface area contributed by atoms with E-state index in [1.54, 1.807) is 4.52 Å². The van der Waals surface area contributed by atoms with Gasteiger partial charge in [0.25, 0.3) is 11.7 Å². The molecule has 23 heavy (non-hydrogen) atoms. The van der Waals surface area contributed by atoms with Crippen LogP contribution < -0.4 is 5.32 Å². The predicted molar refractivity (Wildman–Crippen MR) is 87.4 cm³/mol. The molecule has 3 heterocycles. The molecule has 3 rings (SSSR count). The van der Waals surface area contributed by atoms with Gasteiger partial charge in [0, 0.05) is 31.0 Å². The average Bonchev–Trinajstić information content (AvgIpc) is 2.91. The summed E-state index contributed by atoms with van der Waals surface area (Å²) in [7, 11) is 0. The van der Waals surface area contributed by atoms with Crippen molar-refractivity contribution in [2.75, 3.05) is 26.2 Å². The fraction of sp³-hybridized carbons (Fsp3) is 0.625. The van der Waals surface area contributed by atoms with E-state index >= 15 is 0 Å². The lowest BCUT2D eigenvalue weighted by Crippen LogP contribution is -2.40. The summed E-state index contributed by atoms with van der Waals surface area (Å²) in [6.07, 6.45) is 2.55. The number of piperidine rings is 1. The Morgan fingerprint density at radius 3 is 3.00 bits per heavy atom. The molecule has 1 aliphatic heterocycles. The molecule has 2 aromatic rings. The van der Waals surface area contributed by atoms with Crippen LogP contribution in [-0.2, 0) is 0 Å². The van der Waals surface area contributed by atoms with Gasteiger partial charge in [0.1, 0.15) is 0 Å². The van der Waals surface area contributed by atoms with Crippen LogP contribution in [0.1, 0.15) is 41.8 Å². The van der Waals surface area contributed by atoms with E-state index in [-0.39, 0.29) is 11.7 Å². The molecule has 124 valence electrons. The Morgan fingerprint density at radius 2 is 2.22 bits per heavy atom. The number of hydrogen-bond acceptors (Lipinski definition) is 5. The smallest absolute Gasteiger partial charge is 0.291 e. The highest BCUT2D eigenvalue weighted by molar-refractivity contribution is 5.90. The normalized spacial score (nSPS) is 19.2. The summed E-state index contributed by atoms with van der Waals surface area (Å²) in [5.74, 6) is 1.16. The van der Waals surface area contributed by atoms with Crippen LogP contribution in [0.25, 0.3) is 5.78 Å². The van der Waals surface area contributed by atoms with Crippen LogP contribution in [0.5, 0.6) is 0 Å². The minimum Gasteiger partial charge on any atom is -0.348 e. The van der Waals surface area contributed by atoms with Gasteiger partial charge in [-0.1, -0.05) is 6.92 Å². The standard InChI is InChI=1S/C16H24N6O/c1-11-5-4-7-21(10-11)8-6-17-15(23)14-19-16-18-12(2)9-13(3)22(16)20-14/h9,11H,4-8,10H2,1-3H3,(H,17,23). The van der Waals surface area contributed by atoms with Gasteiger partial charge in [-0.05, 0) is 45.2 Å². The number of aromatic nitrogens is 4. The van der Waals surface area contributed by atoms with E-state index in [2.05, 4.69) is 32.2 Å². The van der Waals surface area contributed by atoms with Gasteiger partial charge in [-0.15, -0.1) is 5.10 Å². The van der Waals surface area contributed by atoms with Gasteiger partial charge >= 0.3 is 0 Å². The Balaban J connectivity index is 1.59. The predicted octanol–water partition coefficient (Wildman–Crippen LogP) is 1.20. The SMILES string of the molecule is Cc1cc(C)n2nc(C(=O)NCCN3CCCC(C)C3)nc2n1. The third-order valence-corrected chi connectivity index (χ3v) is 4.28. The fourth-order valence-electron chi connectivity index (χ4n) is 3.16. The Kier molecular flexibility index (Phi) is 4.56. The van der Waals surface area contributed by atoms with Gasteiger partial charge in [0.05, 0.1) is 0 Å². The number of fused-ring (bicyclic) bond motifs is 1. The molecule has 0 bridgehead atoms. The van der Waals surface area contributed by atoms with E-state index in [9.17, 15) is 4.79 Å².